The van der Waals surface area contributed by atoms with Crippen LogP contribution in [0.3, 0.4) is 0 Å². The lowest BCUT2D eigenvalue weighted by Gasteiger charge is -2.20. The van der Waals surface area contributed by atoms with Gasteiger partial charge >= 0.3 is 0 Å². The van der Waals surface area contributed by atoms with Crippen LogP contribution in [0.4, 0.5) is 0 Å². The Morgan fingerprint density at radius 1 is 1.24 bits per heavy atom. The summed E-state index contributed by atoms with van der Waals surface area (Å²) in [5, 5.41) is 2.87. The van der Waals surface area contributed by atoms with E-state index in [1.165, 1.54) is 32.1 Å². The van der Waals surface area contributed by atoms with Gasteiger partial charge in [0.15, 0.2) is 0 Å². The Morgan fingerprint density at radius 3 is 2.71 bits per heavy atom. The first-order chi connectivity index (χ1) is 8.33. The summed E-state index contributed by atoms with van der Waals surface area (Å²) in [6.45, 7) is 1.71. The first-order valence-electron chi connectivity index (χ1n) is 6.73. The van der Waals surface area contributed by atoms with Gasteiger partial charge in [0.25, 0.3) is 0 Å². The molecule has 0 unspecified atom stereocenters. The predicted molar refractivity (Wildman–Crippen MR) is 70.4 cm³/mol. The van der Waals surface area contributed by atoms with Crippen molar-refractivity contribution in [3.63, 3.8) is 0 Å². The fourth-order valence-corrected chi connectivity index (χ4v) is 2.43. The van der Waals surface area contributed by atoms with E-state index >= 15 is 0 Å². The topological polar surface area (TPSA) is 38.3 Å². The van der Waals surface area contributed by atoms with Crippen molar-refractivity contribution >= 4 is 17.5 Å². The molecule has 0 bridgehead atoms. The molecular weight excluding hydrogens is 238 g/mol. The monoisotopic (exact) mass is 261 g/mol. The molecule has 0 aliphatic heterocycles. The van der Waals surface area contributed by atoms with Gasteiger partial charge in [-0.25, -0.2) is 0 Å². The number of carbonyl (C=O) groups excluding carboxylic acids is 1. The first-order valence-corrected chi connectivity index (χ1v) is 7.27. The van der Waals surface area contributed by atoms with Gasteiger partial charge in [0, 0.05) is 18.8 Å². The van der Waals surface area contributed by atoms with E-state index in [2.05, 4.69) is 5.32 Å². The summed E-state index contributed by atoms with van der Waals surface area (Å²) < 4.78 is 5.18. The van der Waals surface area contributed by atoms with Crippen LogP contribution < -0.4 is 5.32 Å². The Hall–Kier alpha value is -0.280. The van der Waals surface area contributed by atoms with Crippen molar-refractivity contribution in [1.29, 1.82) is 0 Å². The minimum Gasteiger partial charge on any atom is -0.378 e. The Balaban J connectivity index is 1.93. The zero-order chi connectivity index (χ0) is 12.3. The standard InChI is InChI=1S/C13H24ClNO2/c14-8-10-17-11-9-15-13(16)7-6-12-4-2-1-3-5-12/h12H,1-11H2,(H,15,16). The van der Waals surface area contributed by atoms with E-state index in [0.29, 0.717) is 32.1 Å². The molecular formula is C13H24ClNO2. The molecule has 1 rings (SSSR count). The number of ether oxygens (including phenoxy) is 1. The van der Waals surface area contributed by atoms with E-state index in [9.17, 15) is 4.79 Å². The normalized spacial score (nSPS) is 17.0. The Labute approximate surface area is 109 Å². The SMILES string of the molecule is O=C(CCC1CCCCC1)NCCOCCCl. The van der Waals surface area contributed by atoms with Crippen LogP contribution in [0.15, 0.2) is 0 Å². The number of nitrogens with one attached hydrogen (secondary N) is 1. The maximum atomic E-state index is 11.5. The molecule has 0 spiro atoms. The molecule has 4 heteroatoms. The van der Waals surface area contributed by atoms with E-state index in [-0.39, 0.29) is 5.91 Å². The molecule has 1 amide bonds. The van der Waals surface area contributed by atoms with Crippen LogP contribution >= 0.6 is 11.6 Å². The highest BCUT2D eigenvalue weighted by Gasteiger charge is 2.14. The van der Waals surface area contributed by atoms with Crippen LogP contribution in [0.1, 0.15) is 44.9 Å². The third-order valence-corrected chi connectivity index (χ3v) is 3.45. The van der Waals surface area contributed by atoms with Crippen LogP contribution in [-0.4, -0.2) is 31.5 Å². The minimum atomic E-state index is 0.157. The van der Waals surface area contributed by atoms with Crippen molar-refractivity contribution in [2.24, 2.45) is 5.92 Å². The third-order valence-electron chi connectivity index (χ3n) is 3.29. The Kier molecular flexibility index (Phi) is 8.45. The van der Waals surface area contributed by atoms with Crippen molar-refractivity contribution in [1.82, 2.24) is 5.32 Å². The minimum absolute atomic E-state index is 0.157. The Bertz CT molecular complexity index is 206. The lowest BCUT2D eigenvalue weighted by atomic mass is 9.86. The largest absolute Gasteiger partial charge is 0.378 e. The second kappa shape index (κ2) is 9.72. The van der Waals surface area contributed by atoms with Crippen molar-refractivity contribution in [2.45, 2.75) is 44.9 Å². The van der Waals surface area contributed by atoms with E-state index in [1.807, 2.05) is 0 Å². The van der Waals surface area contributed by atoms with E-state index in [0.717, 1.165) is 12.3 Å². The number of hydrogen-bond acceptors (Lipinski definition) is 2. The van der Waals surface area contributed by atoms with Gasteiger partial charge in [0.05, 0.1) is 13.2 Å². The lowest BCUT2D eigenvalue weighted by Crippen LogP contribution is -2.27. The Morgan fingerprint density at radius 2 is 2.00 bits per heavy atom. The number of rotatable bonds is 8. The zero-order valence-electron chi connectivity index (χ0n) is 10.5. The average Bonchev–Trinajstić information content (AvgIpc) is 2.37. The van der Waals surface area contributed by atoms with Crippen molar-refractivity contribution < 1.29 is 9.53 Å². The number of alkyl halides is 1. The summed E-state index contributed by atoms with van der Waals surface area (Å²) in [5.41, 5.74) is 0. The smallest absolute Gasteiger partial charge is 0.220 e. The highest BCUT2D eigenvalue weighted by atomic mass is 35.5. The van der Waals surface area contributed by atoms with Crippen LogP contribution in [-0.2, 0) is 9.53 Å². The maximum absolute atomic E-state index is 11.5. The molecule has 0 atom stereocenters. The quantitative estimate of drug-likeness (QED) is 0.539. The maximum Gasteiger partial charge on any atom is 0.220 e. The molecule has 0 heterocycles. The van der Waals surface area contributed by atoms with Gasteiger partial charge in [-0.2, -0.15) is 0 Å². The second-order valence-corrected chi connectivity index (χ2v) is 5.07. The third kappa shape index (κ3) is 7.61. The second-order valence-electron chi connectivity index (χ2n) is 4.69. The molecule has 0 saturated heterocycles. The van der Waals surface area contributed by atoms with Gasteiger partial charge in [-0.05, 0) is 12.3 Å². The summed E-state index contributed by atoms with van der Waals surface area (Å²) in [6.07, 6.45) is 8.41. The number of carbonyl (C=O) groups is 1. The average molecular weight is 262 g/mol. The molecule has 100 valence electrons. The van der Waals surface area contributed by atoms with Crippen molar-refractivity contribution in [3.8, 4) is 0 Å². The van der Waals surface area contributed by atoms with E-state index < -0.39 is 0 Å². The van der Waals surface area contributed by atoms with Crippen LogP contribution in [0.25, 0.3) is 0 Å². The van der Waals surface area contributed by atoms with E-state index in [1.54, 1.807) is 0 Å². The predicted octanol–water partition coefficient (Wildman–Crippen LogP) is 2.72. The van der Waals surface area contributed by atoms with Gasteiger partial charge in [-0.1, -0.05) is 32.1 Å². The van der Waals surface area contributed by atoms with Crippen LogP contribution in [0.5, 0.6) is 0 Å². The number of halogens is 1. The van der Waals surface area contributed by atoms with Gasteiger partial charge in [0.2, 0.25) is 5.91 Å². The van der Waals surface area contributed by atoms with Crippen molar-refractivity contribution in [2.75, 3.05) is 25.6 Å². The lowest BCUT2D eigenvalue weighted by molar-refractivity contribution is -0.121. The molecule has 0 aromatic rings. The summed E-state index contributed by atoms with van der Waals surface area (Å²) in [6, 6.07) is 0. The first kappa shape index (κ1) is 14.8. The summed E-state index contributed by atoms with van der Waals surface area (Å²) in [7, 11) is 0. The fraction of sp³-hybridized carbons (Fsp3) is 0.923. The zero-order valence-corrected chi connectivity index (χ0v) is 11.3. The molecule has 0 aromatic carbocycles. The molecule has 1 saturated carbocycles. The molecule has 17 heavy (non-hydrogen) atoms. The highest BCUT2D eigenvalue weighted by Crippen LogP contribution is 2.27. The molecule has 1 aliphatic carbocycles. The molecule has 3 nitrogen and oxygen atoms in total. The molecule has 0 radical (unpaired) electrons. The highest BCUT2D eigenvalue weighted by molar-refractivity contribution is 6.17. The summed E-state index contributed by atoms with van der Waals surface area (Å²) in [4.78, 5) is 11.5. The van der Waals surface area contributed by atoms with Gasteiger partial charge in [-0.15, -0.1) is 11.6 Å². The van der Waals surface area contributed by atoms with Crippen molar-refractivity contribution in [3.05, 3.63) is 0 Å². The van der Waals surface area contributed by atoms with Gasteiger partial charge in [-0.3, -0.25) is 4.79 Å². The number of hydrogen-bond donors (Lipinski definition) is 1. The van der Waals surface area contributed by atoms with Crippen LogP contribution in [0, 0.1) is 5.92 Å². The summed E-state index contributed by atoms with van der Waals surface area (Å²) in [5.74, 6) is 1.45. The van der Waals surface area contributed by atoms with Gasteiger partial charge < -0.3 is 10.1 Å². The molecule has 1 aliphatic rings. The summed E-state index contributed by atoms with van der Waals surface area (Å²) >= 11 is 5.47. The van der Waals surface area contributed by atoms with Gasteiger partial charge in [0.1, 0.15) is 0 Å². The molecule has 1 N–H and O–H groups in total. The van der Waals surface area contributed by atoms with E-state index in [4.69, 9.17) is 16.3 Å². The number of amides is 1. The fourth-order valence-electron chi connectivity index (χ4n) is 2.32. The molecule has 1 fully saturated rings. The van der Waals surface area contributed by atoms with Crippen LogP contribution in [0.2, 0.25) is 0 Å². The molecule has 0 aromatic heterocycles.